The maximum atomic E-state index is 12.3. The van der Waals surface area contributed by atoms with Gasteiger partial charge < -0.3 is 25.4 Å². The third-order valence-corrected chi connectivity index (χ3v) is 4.78. The minimum absolute atomic E-state index is 0. The van der Waals surface area contributed by atoms with Crippen molar-refractivity contribution in [2.75, 3.05) is 26.0 Å². The third-order valence-electron chi connectivity index (χ3n) is 4.78. The van der Waals surface area contributed by atoms with Crippen LogP contribution in [-0.2, 0) is 16.0 Å². The number of guanidine groups is 1. The highest BCUT2D eigenvalue weighted by Gasteiger charge is 2.30. The van der Waals surface area contributed by atoms with Crippen LogP contribution in [0.15, 0.2) is 29.3 Å². The maximum Gasteiger partial charge on any atom is 0.411 e. The number of hydrogen-bond acceptors (Lipinski definition) is 5. The first-order chi connectivity index (χ1) is 14.6. The number of nitrogens with one attached hydrogen (secondary N) is 4. The molecule has 0 saturated heterocycles. The highest BCUT2D eigenvalue weighted by Crippen LogP contribution is 2.16. The van der Waals surface area contributed by atoms with Crippen LogP contribution in [0, 0.1) is 0 Å². The van der Waals surface area contributed by atoms with Crippen LogP contribution < -0.4 is 21.3 Å². The fraction of sp³-hybridized carbons (Fsp3) is 0.591. The van der Waals surface area contributed by atoms with Gasteiger partial charge in [-0.25, -0.2) is 9.59 Å². The minimum Gasteiger partial charge on any atom is -0.453 e. The average Bonchev–Trinajstić information content (AvgIpc) is 2.72. The predicted molar refractivity (Wildman–Crippen MR) is 139 cm³/mol. The van der Waals surface area contributed by atoms with Crippen LogP contribution in [-0.4, -0.2) is 50.0 Å². The molecule has 0 radical (unpaired) electrons. The molecule has 0 atom stereocenters. The van der Waals surface area contributed by atoms with Gasteiger partial charge in [0.25, 0.3) is 0 Å². The Bertz CT molecular complexity index is 744. The van der Waals surface area contributed by atoms with Crippen LogP contribution in [0.3, 0.4) is 0 Å². The summed E-state index contributed by atoms with van der Waals surface area (Å²) in [6.45, 7) is 10.6. The number of hydrogen-bond donors (Lipinski definition) is 4. The van der Waals surface area contributed by atoms with Crippen LogP contribution >= 0.6 is 24.0 Å². The molecule has 1 rings (SSSR count). The molecule has 32 heavy (non-hydrogen) atoms. The summed E-state index contributed by atoms with van der Waals surface area (Å²) in [5.74, 6) is 0.619. The van der Waals surface area contributed by atoms with E-state index in [0.717, 1.165) is 18.4 Å². The number of anilines is 1. The van der Waals surface area contributed by atoms with Crippen LogP contribution in [0.25, 0.3) is 0 Å². The van der Waals surface area contributed by atoms with E-state index >= 15 is 0 Å². The van der Waals surface area contributed by atoms with E-state index in [-0.39, 0.29) is 24.0 Å². The van der Waals surface area contributed by atoms with Crippen molar-refractivity contribution >= 4 is 47.8 Å². The Kier molecular flexibility index (Phi) is 13.0. The fourth-order valence-corrected chi connectivity index (χ4v) is 2.78. The molecule has 0 fully saturated rings. The summed E-state index contributed by atoms with van der Waals surface area (Å²) in [6.07, 6.45) is 0.537. The SMILES string of the molecule is CCC(CC)(CNC(=NC)NCc1ccc(NC(=O)OC)cc1)NC(=O)OC(C)(C)C.I. The van der Waals surface area contributed by atoms with E-state index in [2.05, 4.69) is 31.0 Å². The first-order valence-corrected chi connectivity index (χ1v) is 10.5. The number of ether oxygens (including phenoxy) is 2. The zero-order valence-electron chi connectivity index (χ0n) is 20.1. The third kappa shape index (κ3) is 10.9. The lowest BCUT2D eigenvalue weighted by atomic mass is 9.93. The molecule has 0 bridgehead atoms. The molecule has 0 aromatic heterocycles. The van der Waals surface area contributed by atoms with Crippen LogP contribution in [0.1, 0.15) is 53.0 Å². The molecule has 0 heterocycles. The molecule has 0 aliphatic carbocycles. The Hall–Kier alpha value is -2.24. The van der Waals surface area contributed by atoms with Gasteiger partial charge in [-0.2, -0.15) is 0 Å². The molecule has 0 aliphatic heterocycles. The fourth-order valence-electron chi connectivity index (χ4n) is 2.78. The largest absolute Gasteiger partial charge is 0.453 e. The molecular formula is C22H38IN5O4. The number of amides is 2. The van der Waals surface area contributed by atoms with Crippen molar-refractivity contribution in [2.45, 2.75) is 65.1 Å². The lowest BCUT2D eigenvalue weighted by Crippen LogP contribution is -2.57. The Balaban J connectivity index is 0.00000961. The number of nitrogens with zero attached hydrogens (tertiary/aromatic N) is 1. The normalized spacial score (nSPS) is 11.7. The molecular weight excluding hydrogens is 525 g/mol. The van der Waals surface area contributed by atoms with E-state index in [1.54, 1.807) is 19.2 Å². The van der Waals surface area contributed by atoms with E-state index in [0.29, 0.717) is 24.7 Å². The summed E-state index contributed by atoms with van der Waals surface area (Å²) in [6, 6.07) is 7.40. The number of benzene rings is 1. The summed E-state index contributed by atoms with van der Waals surface area (Å²) in [4.78, 5) is 27.8. The van der Waals surface area contributed by atoms with Gasteiger partial charge in [0.05, 0.1) is 12.6 Å². The second-order valence-electron chi connectivity index (χ2n) is 8.21. The molecule has 182 valence electrons. The van der Waals surface area contributed by atoms with E-state index in [1.807, 2.05) is 46.8 Å². The monoisotopic (exact) mass is 563 g/mol. The summed E-state index contributed by atoms with van der Waals surface area (Å²) >= 11 is 0. The van der Waals surface area contributed by atoms with Gasteiger partial charge in [0.15, 0.2) is 5.96 Å². The molecule has 9 nitrogen and oxygen atoms in total. The topological polar surface area (TPSA) is 113 Å². The molecule has 1 aromatic rings. The lowest BCUT2D eigenvalue weighted by Gasteiger charge is -2.34. The summed E-state index contributed by atoms with van der Waals surface area (Å²) in [7, 11) is 3.01. The quantitative estimate of drug-likeness (QED) is 0.214. The molecule has 1 aromatic carbocycles. The molecule has 0 unspecified atom stereocenters. The van der Waals surface area contributed by atoms with Gasteiger partial charge in [0.1, 0.15) is 5.60 Å². The summed E-state index contributed by atoms with van der Waals surface area (Å²) in [5, 5.41) is 12.2. The van der Waals surface area contributed by atoms with Gasteiger partial charge in [0.2, 0.25) is 0 Å². The maximum absolute atomic E-state index is 12.3. The summed E-state index contributed by atoms with van der Waals surface area (Å²) in [5.41, 5.74) is 0.662. The Morgan fingerprint density at radius 1 is 1.00 bits per heavy atom. The number of alkyl carbamates (subject to hydrolysis) is 1. The number of aliphatic imine (C=N–C) groups is 1. The van der Waals surface area contributed by atoms with Gasteiger partial charge in [-0.1, -0.05) is 26.0 Å². The molecule has 0 saturated carbocycles. The number of carbonyl (C=O) groups is 2. The van der Waals surface area contributed by atoms with Crippen LogP contribution in [0.5, 0.6) is 0 Å². The van der Waals surface area contributed by atoms with E-state index < -0.39 is 23.3 Å². The molecule has 2 amide bonds. The van der Waals surface area contributed by atoms with Crippen molar-refractivity contribution in [1.29, 1.82) is 0 Å². The molecule has 0 spiro atoms. The van der Waals surface area contributed by atoms with E-state index in [9.17, 15) is 9.59 Å². The molecule has 10 heteroatoms. The highest BCUT2D eigenvalue weighted by atomic mass is 127. The molecule has 0 aliphatic rings. The first kappa shape index (κ1) is 29.8. The zero-order chi connectivity index (χ0) is 23.5. The van der Waals surface area contributed by atoms with Gasteiger partial charge in [0, 0.05) is 25.8 Å². The van der Waals surface area contributed by atoms with Gasteiger partial charge in [-0.3, -0.25) is 10.3 Å². The smallest absolute Gasteiger partial charge is 0.411 e. The van der Waals surface area contributed by atoms with Gasteiger partial charge in [-0.15, -0.1) is 24.0 Å². The second-order valence-corrected chi connectivity index (χ2v) is 8.21. The van der Waals surface area contributed by atoms with Gasteiger partial charge in [-0.05, 0) is 51.3 Å². The van der Waals surface area contributed by atoms with Gasteiger partial charge >= 0.3 is 12.2 Å². The number of halogens is 1. The van der Waals surface area contributed by atoms with Crippen molar-refractivity contribution < 1.29 is 19.1 Å². The second kappa shape index (κ2) is 14.0. The van der Waals surface area contributed by atoms with Crippen LogP contribution in [0.2, 0.25) is 0 Å². The Morgan fingerprint density at radius 2 is 1.59 bits per heavy atom. The Morgan fingerprint density at radius 3 is 2.06 bits per heavy atom. The number of methoxy groups -OCH3 is 1. The van der Waals surface area contributed by atoms with E-state index in [4.69, 9.17) is 4.74 Å². The lowest BCUT2D eigenvalue weighted by molar-refractivity contribution is 0.0448. The number of carbonyl (C=O) groups excluding carboxylic acids is 2. The Labute approximate surface area is 208 Å². The first-order valence-electron chi connectivity index (χ1n) is 10.5. The van der Waals surface area contributed by atoms with Crippen LogP contribution in [0.4, 0.5) is 15.3 Å². The average molecular weight is 563 g/mol. The minimum atomic E-state index is -0.551. The standard InChI is InChI=1S/C22H37N5O4.HI/c1-8-22(9-2,27-20(29)31-21(3,4)5)15-25-18(23-6)24-14-16-10-12-17(13-11-16)26-19(28)30-7;/h10-13H,8-9,14-15H2,1-7H3,(H,26,28)(H,27,29)(H2,23,24,25);1H. The van der Waals surface area contributed by atoms with Crippen molar-refractivity contribution in [2.24, 2.45) is 4.99 Å². The zero-order valence-corrected chi connectivity index (χ0v) is 22.5. The predicted octanol–water partition coefficient (Wildman–Crippen LogP) is 4.23. The van der Waals surface area contributed by atoms with Crippen molar-refractivity contribution in [1.82, 2.24) is 16.0 Å². The van der Waals surface area contributed by atoms with Crippen molar-refractivity contribution in [3.05, 3.63) is 29.8 Å². The van der Waals surface area contributed by atoms with Crippen molar-refractivity contribution in [3.8, 4) is 0 Å². The van der Waals surface area contributed by atoms with Crippen molar-refractivity contribution in [3.63, 3.8) is 0 Å². The summed E-state index contributed by atoms with van der Waals surface area (Å²) < 4.78 is 10.00. The van der Waals surface area contributed by atoms with E-state index in [1.165, 1.54) is 7.11 Å². The number of rotatable bonds is 8. The molecule has 4 N–H and O–H groups in total. The highest BCUT2D eigenvalue weighted by molar-refractivity contribution is 14.0.